The standard InChI is InChI=1S/C14H17FN2O2S2/c1-2-21(18,19)14-10-20-6-5-17(14)9-11-3-4-13(15)12(7-11)8-16/h3-4,7,14H,2,5-6,9-10H2,1H3. The van der Waals surface area contributed by atoms with E-state index >= 15 is 0 Å². The maximum absolute atomic E-state index is 13.3. The van der Waals surface area contributed by atoms with Gasteiger partial charge in [0.2, 0.25) is 0 Å². The molecule has 1 atom stereocenters. The molecule has 1 aliphatic heterocycles. The van der Waals surface area contributed by atoms with Crippen molar-refractivity contribution in [3.63, 3.8) is 0 Å². The molecule has 0 bridgehead atoms. The summed E-state index contributed by atoms with van der Waals surface area (Å²) in [6, 6.07) is 6.17. The van der Waals surface area contributed by atoms with E-state index in [4.69, 9.17) is 5.26 Å². The molecule has 0 saturated carbocycles. The van der Waals surface area contributed by atoms with Crippen molar-refractivity contribution in [1.82, 2.24) is 4.90 Å². The van der Waals surface area contributed by atoms with E-state index in [1.54, 1.807) is 24.8 Å². The Hall–Kier alpha value is -1.10. The fourth-order valence-corrected chi connectivity index (χ4v) is 5.39. The van der Waals surface area contributed by atoms with Crippen LogP contribution >= 0.6 is 11.8 Å². The zero-order chi connectivity index (χ0) is 15.5. The number of thioether (sulfide) groups is 1. The lowest BCUT2D eigenvalue weighted by molar-refractivity contribution is 0.261. The van der Waals surface area contributed by atoms with E-state index < -0.39 is 21.0 Å². The van der Waals surface area contributed by atoms with Gasteiger partial charge >= 0.3 is 0 Å². The second-order valence-electron chi connectivity index (χ2n) is 4.88. The molecule has 0 spiro atoms. The average molecular weight is 328 g/mol. The Morgan fingerprint density at radius 3 is 2.95 bits per heavy atom. The molecule has 1 saturated heterocycles. The highest BCUT2D eigenvalue weighted by Crippen LogP contribution is 2.24. The smallest absolute Gasteiger partial charge is 0.166 e. The highest BCUT2D eigenvalue weighted by molar-refractivity contribution is 8.01. The van der Waals surface area contributed by atoms with Gasteiger partial charge in [0.15, 0.2) is 9.84 Å². The van der Waals surface area contributed by atoms with Crippen molar-refractivity contribution < 1.29 is 12.8 Å². The van der Waals surface area contributed by atoms with Crippen LogP contribution in [0.15, 0.2) is 18.2 Å². The van der Waals surface area contributed by atoms with Gasteiger partial charge < -0.3 is 0 Å². The third kappa shape index (κ3) is 3.76. The number of halogens is 1. The summed E-state index contributed by atoms with van der Waals surface area (Å²) in [6.45, 7) is 2.74. The summed E-state index contributed by atoms with van der Waals surface area (Å²) in [6.07, 6.45) is 0. The van der Waals surface area contributed by atoms with Gasteiger partial charge in [0.1, 0.15) is 17.3 Å². The SMILES string of the molecule is CCS(=O)(=O)C1CSCCN1Cc1ccc(F)c(C#N)c1. The molecule has 1 aliphatic rings. The lowest BCUT2D eigenvalue weighted by Gasteiger charge is -2.34. The third-order valence-corrected chi connectivity index (χ3v) is 6.88. The van der Waals surface area contributed by atoms with Crippen LogP contribution < -0.4 is 0 Å². The Balaban J connectivity index is 2.22. The Kier molecular flexibility index (Phi) is 5.25. The van der Waals surface area contributed by atoms with Gasteiger partial charge in [0, 0.05) is 30.3 Å². The molecular formula is C14H17FN2O2S2. The molecule has 1 heterocycles. The third-order valence-electron chi connectivity index (χ3n) is 3.54. The first-order valence-electron chi connectivity index (χ1n) is 6.70. The number of hydrogen-bond donors (Lipinski definition) is 0. The molecule has 1 fully saturated rings. The number of sulfone groups is 1. The molecule has 0 amide bonds. The van der Waals surface area contributed by atoms with Crippen molar-refractivity contribution in [2.24, 2.45) is 0 Å². The summed E-state index contributed by atoms with van der Waals surface area (Å²) < 4.78 is 37.7. The van der Waals surface area contributed by atoms with E-state index in [2.05, 4.69) is 0 Å². The molecule has 21 heavy (non-hydrogen) atoms. The molecule has 2 rings (SSSR count). The van der Waals surface area contributed by atoms with Gasteiger partial charge in [-0.1, -0.05) is 13.0 Å². The van der Waals surface area contributed by atoms with Crippen LogP contribution in [0.25, 0.3) is 0 Å². The van der Waals surface area contributed by atoms with E-state index in [-0.39, 0.29) is 11.3 Å². The highest BCUT2D eigenvalue weighted by atomic mass is 32.2. The van der Waals surface area contributed by atoms with Crippen molar-refractivity contribution in [1.29, 1.82) is 5.26 Å². The Morgan fingerprint density at radius 2 is 2.29 bits per heavy atom. The molecule has 0 aliphatic carbocycles. The van der Waals surface area contributed by atoms with Crippen LogP contribution in [0, 0.1) is 17.1 Å². The number of nitrogens with zero attached hydrogens (tertiary/aromatic N) is 2. The Morgan fingerprint density at radius 1 is 1.52 bits per heavy atom. The maximum Gasteiger partial charge on any atom is 0.166 e. The molecule has 4 nitrogen and oxygen atoms in total. The minimum Gasteiger partial charge on any atom is -0.281 e. The van der Waals surface area contributed by atoms with Crippen LogP contribution in [-0.2, 0) is 16.4 Å². The lowest BCUT2D eigenvalue weighted by atomic mass is 10.1. The quantitative estimate of drug-likeness (QED) is 0.846. The van der Waals surface area contributed by atoms with Gasteiger partial charge in [-0.05, 0) is 17.7 Å². The number of hydrogen-bond acceptors (Lipinski definition) is 5. The van der Waals surface area contributed by atoms with Crippen molar-refractivity contribution in [2.75, 3.05) is 23.8 Å². The molecule has 0 aromatic heterocycles. The Bertz CT molecular complexity index is 655. The lowest BCUT2D eigenvalue weighted by Crippen LogP contribution is -2.47. The number of rotatable bonds is 4. The van der Waals surface area contributed by atoms with Gasteiger partial charge in [0.25, 0.3) is 0 Å². The zero-order valence-electron chi connectivity index (χ0n) is 11.8. The first-order chi connectivity index (χ1) is 9.97. The normalized spacial score (nSPS) is 20.1. The fourth-order valence-electron chi connectivity index (χ4n) is 2.31. The fraction of sp³-hybridized carbons (Fsp3) is 0.500. The predicted octanol–water partition coefficient (Wildman–Crippen LogP) is 2.01. The monoisotopic (exact) mass is 328 g/mol. The Labute approximate surface area is 128 Å². The maximum atomic E-state index is 13.3. The van der Waals surface area contributed by atoms with Gasteiger partial charge in [0.05, 0.1) is 5.56 Å². The van der Waals surface area contributed by atoms with Crippen molar-refractivity contribution >= 4 is 21.6 Å². The van der Waals surface area contributed by atoms with Crippen molar-refractivity contribution in [2.45, 2.75) is 18.8 Å². The van der Waals surface area contributed by atoms with Crippen LogP contribution in [0.5, 0.6) is 0 Å². The summed E-state index contributed by atoms with van der Waals surface area (Å²) >= 11 is 1.64. The number of benzene rings is 1. The van der Waals surface area contributed by atoms with Gasteiger partial charge in [-0.25, -0.2) is 12.8 Å². The summed E-state index contributed by atoms with van der Waals surface area (Å²) in [4.78, 5) is 1.91. The van der Waals surface area contributed by atoms with Crippen LogP contribution in [0.2, 0.25) is 0 Å². The molecule has 0 N–H and O–H groups in total. The van der Waals surface area contributed by atoms with E-state index in [0.29, 0.717) is 18.8 Å². The molecular weight excluding hydrogens is 311 g/mol. The molecule has 1 aromatic rings. The summed E-state index contributed by atoms with van der Waals surface area (Å²) in [7, 11) is -3.15. The van der Waals surface area contributed by atoms with Gasteiger partial charge in [-0.2, -0.15) is 17.0 Å². The van der Waals surface area contributed by atoms with Crippen LogP contribution in [0.1, 0.15) is 18.1 Å². The minimum atomic E-state index is -3.15. The van der Waals surface area contributed by atoms with E-state index in [9.17, 15) is 12.8 Å². The van der Waals surface area contributed by atoms with Crippen LogP contribution in [0.3, 0.4) is 0 Å². The molecule has 1 aromatic carbocycles. The first kappa shape index (κ1) is 16.3. The first-order valence-corrected chi connectivity index (χ1v) is 9.57. The van der Waals surface area contributed by atoms with Crippen LogP contribution in [-0.4, -0.2) is 42.5 Å². The van der Waals surface area contributed by atoms with Gasteiger partial charge in [-0.15, -0.1) is 0 Å². The van der Waals surface area contributed by atoms with Crippen molar-refractivity contribution in [3.8, 4) is 6.07 Å². The summed E-state index contributed by atoms with van der Waals surface area (Å²) in [5, 5.41) is 8.36. The molecule has 114 valence electrons. The summed E-state index contributed by atoms with van der Waals surface area (Å²) in [5.74, 6) is 1.000. The predicted molar refractivity (Wildman–Crippen MR) is 82.1 cm³/mol. The van der Waals surface area contributed by atoms with E-state index in [0.717, 1.165) is 11.3 Å². The van der Waals surface area contributed by atoms with E-state index in [1.165, 1.54) is 12.1 Å². The zero-order valence-corrected chi connectivity index (χ0v) is 13.4. The average Bonchev–Trinajstić information content (AvgIpc) is 2.49. The highest BCUT2D eigenvalue weighted by Gasteiger charge is 2.32. The van der Waals surface area contributed by atoms with Crippen molar-refractivity contribution in [3.05, 3.63) is 35.1 Å². The number of nitriles is 1. The topological polar surface area (TPSA) is 61.2 Å². The van der Waals surface area contributed by atoms with Gasteiger partial charge in [-0.3, -0.25) is 4.90 Å². The van der Waals surface area contributed by atoms with Crippen LogP contribution in [0.4, 0.5) is 4.39 Å². The second-order valence-corrected chi connectivity index (χ2v) is 8.47. The van der Waals surface area contributed by atoms with E-state index in [1.807, 2.05) is 11.0 Å². The molecule has 1 unspecified atom stereocenters. The largest absolute Gasteiger partial charge is 0.281 e. The summed E-state index contributed by atoms with van der Waals surface area (Å²) in [5.41, 5.74) is 0.755. The minimum absolute atomic E-state index is 0.00576. The molecule has 7 heteroatoms. The second kappa shape index (κ2) is 6.77. The molecule has 0 radical (unpaired) electrons.